The van der Waals surface area contributed by atoms with Gasteiger partial charge >= 0.3 is 6.01 Å². The van der Waals surface area contributed by atoms with Gasteiger partial charge in [0, 0.05) is 37.7 Å². The topological polar surface area (TPSA) is 122 Å². The van der Waals surface area contributed by atoms with Crippen LogP contribution in [0.3, 0.4) is 0 Å². The van der Waals surface area contributed by atoms with Crippen molar-refractivity contribution >= 4 is 18.0 Å². The monoisotopic (exact) mass is 434 g/mol. The van der Waals surface area contributed by atoms with Gasteiger partial charge < -0.3 is 20.0 Å². The number of rotatable bonds is 9. The Balaban J connectivity index is 1.43. The van der Waals surface area contributed by atoms with E-state index in [0.717, 1.165) is 49.6 Å². The van der Waals surface area contributed by atoms with Gasteiger partial charge in [-0.1, -0.05) is 19.0 Å². The number of likely N-dealkylation sites (N-methyl/N-ethyl adjacent to an activating group) is 1. The molecule has 11 heteroatoms. The lowest BCUT2D eigenvalue weighted by Crippen LogP contribution is -2.44. The van der Waals surface area contributed by atoms with Crippen LogP contribution >= 0.6 is 0 Å². The van der Waals surface area contributed by atoms with Crippen LogP contribution in [0.25, 0.3) is 0 Å². The second-order valence-corrected chi connectivity index (χ2v) is 7.92. The minimum atomic E-state index is -0.512. The molecule has 1 aromatic carbocycles. The molecule has 0 spiro atoms. The number of piperidine rings is 1. The van der Waals surface area contributed by atoms with Gasteiger partial charge in [-0.2, -0.15) is 10.1 Å². The predicted molar refractivity (Wildman–Crippen MR) is 117 cm³/mol. The molecule has 10 nitrogen and oxygen atoms in total. The third kappa shape index (κ3) is 5.82. The van der Waals surface area contributed by atoms with Crippen molar-refractivity contribution in [2.45, 2.75) is 38.6 Å². The number of hydrogen-bond donors (Lipinski definition) is 2. The van der Waals surface area contributed by atoms with Gasteiger partial charge in [-0.3, -0.25) is 9.91 Å². The van der Waals surface area contributed by atoms with Gasteiger partial charge in [0.15, 0.2) is 11.6 Å². The quantitative estimate of drug-likeness (QED) is 0.264. The zero-order valence-corrected chi connectivity index (χ0v) is 18.2. The summed E-state index contributed by atoms with van der Waals surface area (Å²) in [6, 6.07) is 5.53. The highest BCUT2D eigenvalue weighted by Gasteiger charge is 2.25. The molecule has 2 aromatic rings. The smallest absolute Gasteiger partial charge is 0.324 e. The molecule has 31 heavy (non-hydrogen) atoms. The normalized spacial score (nSPS) is 15.4. The Hall–Kier alpha value is -2.92. The highest BCUT2D eigenvalue weighted by molar-refractivity contribution is 5.77. The lowest BCUT2D eigenvalue weighted by atomic mass is 10.0. The molecule has 0 amide bonds. The SMILES string of the molecule is CC(C)c1noc(N2CCC(N(C)CCOc3ccc(N(N)/C=N\N)c(F)c3)CC2)n1. The first-order chi connectivity index (χ1) is 14.9. The summed E-state index contributed by atoms with van der Waals surface area (Å²) < 4.78 is 25.3. The number of ether oxygens (including phenoxy) is 1. The second-order valence-electron chi connectivity index (χ2n) is 7.92. The fraction of sp³-hybridized carbons (Fsp3) is 0.550. The average Bonchev–Trinajstić information content (AvgIpc) is 3.25. The first-order valence-corrected chi connectivity index (χ1v) is 10.4. The van der Waals surface area contributed by atoms with E-state index < -0.39 is 5.82 Å². The van der Waals surface area contributed by atoms with Crippen molar-refractivity contribution in [3.8, 4) is 5.75 Å². The number of hydrazone groups is 1. The summed E-state index contributed by atoms with van der Waals surface area (Å²) in [4.78, 5) is 8.89. The Kier molecular flexibility index (Phi) is 7.64. The maximum Gasteiger partial charge on any atom is 0.324 e. The molecule has 0 radical (unpaired) electrons. The van der Waals surface area contributed by atoms with Gasteiger partial charge in [0.2, 0.25) is 0 Å². The van der Waals surface area contributed by atoms with E-state index in [1.807, 2.05) is 13.8 Å². The van der Waals surface area contributed by atoms with Crippen LogP contribution in [0.15, 0.2) is 27.8 Å². The summed E-state index contributed by atoms with van der Waals surface area (Å²) in [6.45, 7) is 7.00. The molecule has 170 valence electrons. The number of halogens is 1. The van der Waals surface area contributed by atoms with Crippen molar-refractivity contribution in [1.29, 1.82) is 0 Å². The highest BCUT2D eigenvalue weighted by Crippen LogP contribution is 2.24. The van der Waals surface area contributed by atoms with Crippen molar-refractivity contribution < 1.29 is 13.7 Å². The fourth-order valence-corrected chi connectivity index (χ4v) is 3.50. The largest absolute Gasteiger partial charge is 0.492 e. The Morgan fingerprint density at radius 3 is 2.74 bits per heavy atom. The van der Waals surface area contributed by atoms with E-state index in [0.29, 0.717) is 24.4 Å². The van der Waals surface area contributed by atoms with Gasteiger partial charge in [0.25, 0.3) is 0 Å². The number of hydrogen-bond acceptors (Lipinski definition) is 9. The summed E-state index contributed by atoms with van der Waals surface area (Å²) in [7, 11) is 2.08. The molecule has 1 aliphatic heterocycles. The number of hydrazine groups is 1. The van der Waals surface area contributed by atoms with Crippen LogP contribution < -0.4 is 26.3 Å². The standard InChI is InChI=1S/C20H31FN8O2/c1-14(2)19-25-20(31-26-19)28-8-6-15(7-9-28)27(3)10-11-30-16-4-5-18(17(21)12-16)29(23)13-24-22/h4-5,12-15H,6-11,22-23H2,1-3H3/b24-13-. The lowest BCUT2D eigenvalue weighted by molar-refractivity contribution is 0.169. The molecule has 0 unspecified atom stereocenters. The van der Waals surface area contributed by atoms with Crippen molar-refractivity contribution in [2.24, 2.45) is 16.8 Å². The molecule has 1 aliphatic rings. The van der Waals surface area contributed by atoms with Crippen molar-refractivity contribution in [1.82, 2.24) is 15.0 Å². The van der Waals surface area contributed by atoms with Gasteiger partial charge in [-0.15, -0.1) is 0 Å². The molecule has 0 aliphatic carbocycles. The Morgan fingerprint density at radius 1 is 1.39 bits per heavy atom. The second kappa shape index (κ2) is 10.4. The van der Waals surface area contributed by atoms with Crippen molar-refractivity contribution in [3.63, 3.8) is 0 Å². The first-order valence-electron chi connectivity index (χ1n) is 10.4. The summed E-state index contributed by atoms with van der Waals surface area (Å²) in [5, 5.41) is 8.33. The van der Waals surface area contributed by atoms with Crippen LogP contribution in [0, 0.1) is 5.82 Å². The van der Waals surface area contributed by atoms with E-state index in [-0.39, 0.29) is 11.6 Å². The summed E-state index contributed by atoms with van der Waals surface area (Å²) in [6.07, 6.45) is 3.11. The van der Waals surface area contributed by atoms with Crippen LogP contribution in [-0.4, -0.2) is 60.7 Å². The number of nitrogens with zero attached hydrogens (tertiary/aromatic N) is 6. The van der Waals surface area contributed by atoms with Crippen molar-refractivity contribution in [2.75, 3.05) is 43.2 Å². The lowest BCUT2D eigenvalue weighted by Gasteiger charge is -2.35. The van der Waals surface area contributed by atoms with E-state index in [4.69, 9.17) is 20.9 Å². The summed E-state index contributed by atoms with van der Waals surface area (Å²) in [5.41, 5.74) is 0.159. The molecule has 0 bridgehead atoms. The van der Waals surface area contributed by atoms with Crippen LogP contribution in [-0.2, 0) is 0 Å². The zero-order valence-electron chi connectivity index (χ0n) is 18.2. The van der Waals surface area contributed by atoms with Crippen LogP contribution in [0.4, 0.5) is 16.1 Å². The average molecular weight is 435 g/mol. The van der Waals surface area contributed by atoms with E-state index in [1.165, 1.54) is 12.1 Å². The number of aromatic nitrogens is 2. The van der Waals surface area contributed by atoms with Gasteiger partial charge in [-0.25, -0.2) is 10.2 Å². The maximum absolute atomic E-state index is 14.2. The van der Waals surface area contributed by atoms with Crippen LogP contribution in [0.1, 0.15) is 38.4 Å². The molecule has 4 N–H and O–H groups in total. The minimum absolute atomic E-state index is 0.159. The molecule has 1 saturated heterocycles. The maximum atomic E-state index is 14.2. The van der Waals surface area contributed by atoms with E-state index in [1.54, 1.807) is 6.07 Å². The third-order valence-corrected chi connectivity index (χ3v) is 5.41. The highest BCUT2D eigenvalue weighted by atomic mass is 19.1. The van der Waals surface area contributed by atoms with Crippen LogP contribution in [0.5, 0.6) is 5.75 Å². The minimum Gasteiger partial charge on any atom is -0.492 e. The first kappa shape index (κ1) is 22.8. The van der Waals surface area contributed by atoms with Gasteiger partial charge in [0.1, 0.15) is 18.7 Å². The van der Waals surface area contributed by atoms with Crippen LogP contribution in [0.2, 0.25) is 0 Å². The van der Waals surface area contributed by atoms with Crippen molar-refractivity contribution in [3.05, 3.63) is 29.8 Å². The number of nitrogens with two attached hydrogens (primary N) is 2. The Bertz CT molecular complexity index is 867. The molecule has 1 aromatic heterocycles. The fourth-order valence-electron chi connectivity index (χ4n) is 3.50. The Morgan fingerprint density at radius 2 is 2.13 bits per heavy atom. The van der Waals surface area contributed by atoms with E-state index in [9.17, 15) is 4.39 Å². The number of anilines is 2. The molecular formula is C20H31FN8O2. The molecule has 0 saturated carbocycles. The molecule has 3 rings (SSSR count). The summed E-state index contributed by atoms with van der Waals surface area (Å²) in [5.74, 6) is 11.6. The van der Waals surface area contributed by atoms with E-state index in [2.05, 4.69) is 32.1 Å². The zero-order chi connectivity index (χ0) is 22.4. The molecule has 1 fully saturated rings. The molecular weight excluding hydrogens is 403 g/mol. The Labute approximate surface area is 181 Å². The van der Waals surface area contributed by atoms with Gasteiger partial charge in [0.05, 0.1) is 5.69 Å². The van der Waals surface area contributed by atoms with E-state index >= 15 is 0 Å². The third-order valence-electron chi connectivity index (χ3n) is 5.41. The number of benzene rings is 1. The summed E-state index contributed by atoms with van der Waals surface area (Å²) >= 11 is 0. The molecule has 2 heterocycles. The van der Waals surface area contributed by atoms with Gasteiger partial charge in [-0.05, 0) is 32.0 Å². The predicted octanol–water partition coefficient (Wildman–Crippen LogP) is 1.89. The molecule has 0 atom stereocenters.